The molecule has 0 spiro atoms. The molecule has 0 bridgehead atoms. The average Bonchev–Trinajstić information content (AvgIpc) is 2.50. The molecule has 0 N–H and O–H groups in total. The molecule has 1 fully saturated rings. The molecule has 1 aliphatic rings. The second kappa shape index (κ2) is 3.82. The third-order valence-corrected chi connectivity index (χ3v) is 3.43. The summed E-state index contributed by atoms with van der Waals surface area (Å²) in [5.74, 6) is 0. The molecule has 0 unspecified atom stereocenters. The third-order valence-electron chi connectivity index (χ3n) is 3.05. The van der Waals surface area contributed by atoms with Crippen molar-refractivity contribution in [3.8, 4) is 0 Å². The fourth-order valence-electron chi connectivity index (χ4n) is 1.37. The number of halogens is 1. The minimum atomic E-state index is -0.793. The van der Waals surface area contributed by atoms with Crippen LogP contribution in [0.4, 0.5) is 0 Å². The Balaban J connectivity index is 2.46. The smallest absolute Gasteiger partial charge is 0.398 e. The molecule has 0 radical (unpaired) electrons. The molecule has 0 saturated carbocycles. The minimum absolute atomic E-state index is 0.106. The monoisotopic (exact) mass is 286 g/mol. The van der Waals surface area contributed by atoms with Gasteiger partial charge in [-0.3, -0.25) is 0 Å². The standard InChI is InChI=1S/C11H15BBrNO2/c1-10(2)11(3,4)16-12(15-10)8-6-5-7-9(13)14-8/h5-7H,1-4H3/i5D,6D,7D. The molecule has 3 nitrogen and oxygen atoms in total. The Kier molecular flexibility index (Phi) is 2.07. The van der Waals surface area contributed by atoms with Crippen molar-refractivity contribution in [2.45, 2.75) is 38.9 Å². The average molecular weight is 287 g/mol. The minimum Gasteiger partial charge on any atom is -0.398 e. The lowest BCUT2D eigenvalue weighted by Crippen LogP contribution is -2.41. The first-order valence-electron chi connectivity index (χ1n) is 6.55. The molecule has 2 rings (SSSR count). The van der Waals surface area contributed by atoms with E-state index in [1.165, 1.54) is 0 Å². The van der Waals surface area contributed by atoms with E-state index < -0.39 is 18.3 Å². The largest absolute Gasteiger partial charge is 0.514 e. The fraction of sp³-hybridized carbons (Fsp3) is 0.545. The first-order valence-corrected chi connectivity index (χ1v) is 5.85. The van der Waals surface area contributed by atoms with Gasteiger partial charge in [0, 0.05) is 0 Å². The molecule has 0 aromatic carbocycles. The lowest BCUT2D eigenvalue weighted by molar-refractivity contribution is 0.00578. The van der Waals surface area contributed by atoms with Crippen LogP contribution in [0.5, 0.6) is 0 Å². The van der Waals surface area contributed by atoms with E-state index in [9.17, 15) is 0 Å². The summed E-state index contributed by atoms with van der Waals surface area (Å²) in [5.41, 5.74) is -0.827. The molecule has 86 valence electrons. The van der Waals surface area contributed by atoms with Gasteiger partial charge in [-0.2, -0.15) is 0 Å². The summed E-state index contributed by atoms with van der Waals surface area (Å²) < 4.78 is 35.1. The van der Waals surface area contributed by atoms with Crippen molar-refractivity contribution in [3.63, 3.8) is 0 Å². The van der Waals surface area contributed by atoms with Crippen LogP contribution < -0.4 is 5.59 Å². The van der Waals surface area contributed by atoms with Crippen molar-refractivity contribution in [2.24, 2.45) is 0 Å². The Hall–Kier alpha value is -0.385. The summed E-state index contributed by atoms with van der Waals surface area (Å²) >= 11 is 3.12. The number of rotatable bonds is 1. The van der Waals surface area contributed by atoms with Gasteiger partial charge in [-0.15, -0.1) is 0 Å². The third kappa shape index (κ3) is 2.04. The summed E-state index contributed by atoms with van der Waals surface area (Å²) in [6.45, 7) is 7.64. The number of nitrogens with zero attached hydrogens (tertiary/aromatic N) is 1. The van der Waals surface area contributed by atoms with Crippen LogP contribution in [0.1, 0.15) is 31.8 Å². The van der Waals surface area contributed by atoms with Gasteiger partial charge in [0.25, 0.3) is 0 Å². The van der Waals surface area contributed by atoms with Crippen LogP contribution in [0.3, 0.4) is 0 Å². The van der Waals surface area contributed by atoms with E-state index in [0.29, 0.717) is 0 Å². The molecule has 1 aromatic rings. The molecule has 1 aliphatic heterocycles. The normalized spacial score (nSPS) is 25.1. The van der Waals surface area contributed by atoms with Crippen molar-refractivity contribution in [3.05, 3.63) is 22.7 Å². The summed E-state index contributed by atoms with van der Waals surface area (Å²) in [4.78, 5) is 4.12. The van der Waals surface area contributed by atoms with E-state index in [1.54, 1.807) is 0 Å². The van der Waals surface area contributed by atoms with Crippen LogP contribution in [0, 0.1) is 0 Å². The van der Waals surface area contributed by atoms with Crippen molar-refractivity contribution < 1.29 is 13.4 Å². The maximum atomic E-state index is 7.91. The Bertz CT molecular complexity index is 523. The highest BCUT2D eigenvalue weighted by molar-refractivity contribution is 9.10. The van der Waals surface area contributed by atoms with E-state index in [2.05, 4.69) is 20.9 Å². The molecule has 0 aliphatic carbocycles. The molecule has 1 saturated heterocycles. The molecule has 0 amide bonds. The zero-order chi connectivity index (χ0) is 14.6. The summed E-state index contributed by atoms with van der Waals surface area (Å²) in [7, 11) is -0.793. The quantitative estimate of drug-likeness (QED) is 0.586. The van der Waals surface area contributed by atoms with Crippen molar-refractivity contribution >= 4 is 28.6 Å². The highest BCUT2D eigenvalue weighted by Crippen LogP contribution is 2.36. The zero-order valence-electron chi connectivity index (χ0n) is 12.7. The topological polar surface area (TPSA) is 31.4 Å². The number of pyridine rings is 1. The predicted octanol–water partition coefficient (Wildman–Crippen LogP) is 2.14. The van der Waals surface area contributed by atoms with Gasteiger partial charge in [0.2, 0.25) is 0 Å². The van der Waals surface area contributed by atoms with Gasteiger partial charge in [-0.1, -0.05) is 6.04 Å². The molecular formula is C11H15BBrNO2. The van der Waals surface area contributed by atoms with Crippen LogP contribution in [-0.4, -0.2) is 23.3 Å². The highest BCUT2D eigenvalue weighted by Gasteiger charge is 2.52. The van der Waals surface area contributed by atoms with Crippen LogP contribution in [0.15, 0.2) is 22.7 Å². The maximum Gasteiger partial charge on any atom is 0.514 e. The Labute approximate surface area is 109 Å². The summed E-state index contributed by atoms with van der Waals surface area (Å²) in [6.07, 6.45) is 0. The van der Waals surface area contributed by atoms with Crippen LogP contribution in [-0.2, 0) is 9.31 Å². The first kappa shape index (κ1) is 8.67. The fourth-order valence-corrected chi connectivity index (χ4v) is 1.66. The molecule has 1 aromatic heterocycles. The molecule has 16 heavy (non-hydrogen) atoms. The maximum absolute atomic E-state index is 7.91. The van der Waals surface area contributed by atoms with Gasteiger partial charge in [0.05, 0.1) is 20.9 Å². The molecule has 2 heterocycles. The van der Waals surface area contributed by atoms with E-state index in [-0.39, 0.29) is 28.3 Å². The van der Waals surface area contributed by atoms with Gasteiger partial charge >= 0.3 is 7.12 Å². The van der Waals surface area contributed by atoms with Gasteiger partial charge in [0.1, 0.15) is 4.60 Å². The van der Waals surface area contributed by atoms with Gasteiger partial charge in [-0.05, 0) is 55.7 Å². The second-order valence-electron chi connectivity index (χ2n) is 4.75. The van der Waals surface area contributed by atoms with E-state index in [4.69, 9.17) is 13.4 Å². The number of aromatic nitrogens is 1. The van der Waals surface area contributed by atoms with Gasteiger partial charge in [0.15, 0.2) is 0 Å². The highest BCUT2D eigenvalue weighted by atomic mass is 79.9. The van der Waals surface area contributed by atoms with Crippen LogP contribution >= 0.6 is 15.9 Å². The van der Waals surface area contributed by atoms with E-state index in [0.717, 1.165) is 0 Å². The lowest BCUT2D eigenvalue weighted by atomic mass is 9.84. The zero-order valence-corrected chi connectivity index (χ0v) is 11.3. The van der Waals surface area contributed by atoms with E-state index >= 15 is 0 Å². The number of hydrogen-bond donors (Lipinski definition) is 0. The molecular weight excluding hydrogens is 269 g/mol. The van der Waals surface area contributed by atoms with Crippen LogP contribution in [0.25, 0.3) is 0 Å². The van der Waals surface area contributed by atoms with Crippen molar-refractivity contribution in [1.82, 2.24) is 4.98 Å². The van der Waals surface area contributed by atoms with Crippen LogP contribution in [0.2, 0.25) is 0 Å². The predicted molar refractivity (Wildman–Crippen MR) is 67.7 cm³/mol. The molecule has 5 heteroatoms. The van der Waals surface area contributed by atoms with Gasteiger partial charge < -0.3 is 9.31 Å². The van der Waals surface area contributed by atoms with E-state index in [1.807, 2.05) is 27.7 Å². The van der Waals surface area contributed by atoms with Crippen molar-refractivity contribution in [2.75, 3.05) is 0 Å². The SMILES string of the molecule is [2H]c1c(Br)nc(B2OC(C)(C)C(C)(C)O2)c([2H])c1[2H]. The summed E-state index contributed by atoms with van der Waals surface area (Å²) in [5, 5.41) is 0. The second-order valence-corrected chi connectivity index (χ2v) is 5.50. The summed E-state index contributed by atoms with van der Waals surface area (Å²) in [6, 6.07) is -0.427. The molecule has 0 atom stereocenters. The Morgan fingerprint density at radius 2 is 1.81 bits per heavy atom. The Morgan fingerprint density at radius 3 is 2.38 bits per heavy atom. The van der Waals surface area contributed by atoms with Crippen molar-refractivity contribution in [1.29, 1.82) is 0 Å². The van der Waals surface area contributed by atoms with Gasteiger partial charge in [-0.25, -0.2) is 4.98 Å². The lowest BCUT2D eigenvalue weighted by Gasteiger charge is -2.32. The number of hydrogen-bond acceptors (Lipinski definition) is 3. The first-order chi connectivity index (χ1) is 8.57. The Morgan fingerprint density at radius 1 is 1.25 bits per heavy atom.